The Kier molecular flexibility index (Phi) is 13.7. The molecule has 2 aromatic rings. The van der Waals surface area contributed by atoms with Crippen molar-refractivity contribution in [1.29, 1.82) is 0 Å². The number of hydrogen-bond acceptors (Lipinski definition) is 4. The van der Waals surface area contributed by atoms with Gasteiger partial charge < -0.3 is 5.32 Å². The molecule has 144 valence electrons. The first-order valence-electron chi connectivity index (χ1n) is 8.33. The van der Waals surface area contributed by atoms with Crippen LogP contribution in [0.4, 0.5) is 10.1 Å². The number of hydrazine groups is 1. The third kappa shape index (κ3) is 8.21. The first-order chi connectivity index (χ1) is 12.6. The molecule has 0 atom stereocenters. The zero-order valence-electron chi connectivity index (χ0n) is 15.6. The first kappa shape index (κ1) is 24.4. The van der Waals surface area contributed by atoms with E-state index in [1.54, 1.807) is 23.3 Å². The van der Waals surface area contributed by atoms with Crippen LogP contribution in [0.3, 0.4) is 0 Å². The van der Waals surface area contributed by atoms with E-state index in [2.05, 4.69) is 52.2 Å². The highest BCUT2D eigenvalue weighted by Crippen LogP contribution is 2.33. The van der Waals surface area contributed by atoms with Crippen molar-refractivity contribution in [2.24, 2.45) is 5.84 Å². The number of amides is 1. The van der Waals surface area contributed by atoms with Gasteiger partial charge in [0.05, 0.1) is 0 Å². The van der Waals surface area contributed by atoms with Gasteiger partial charge in [-0.25, -0.2) is 10.2 Å². The summed E-state index contributed by atoms with van der Waals surface area (Å²) in [6.07, 6.45) is 1.41. The molecule has 4 N–H and O–H groups in total. The molecule has 0 aliphatic heterocycles. The highest BCUT2D eigenvalue weighted by Gasteiger charge is 2.09. The summed E-state index contributed by atoms with van der Waals surface area (Å²) in [5, 5.41) is 3.04. The Balaban J connectivity index is 0.000000920. The Morgan fingerprint density at radius 3 is 2.46 bits per heavy atom. The molecular weight excluding hydrogens is 417 g/mol. The number of carbonyl (C=O) groups excluding carboxylic acids is 1. The van der Waals surface area contributed by atoms with E-state index >= 15 is 0 Å². The number of hydrogen-bond donors (Lipinski definition) is 3. The smallest absolute Gasteiger partial charge is 0.221 e. The highest BCUT2D eigenvalue weighted by atomic mass is 79.9. The van der Waals surface area contributed by atoms with Gasteiger partial charge in [0.15, 0.2) is 0 Å². The van der Waals surface area contributed by atoms with Gasteiger partial charge in [-0.3, -0.25) is 10.2 Å². The summed E-state index contributed by atoms with van der Waals surface area (Å²) in [7, 11) is 1.82. The predicted octanol–water partition coefficient (Wildman–Crippen LogP) is 5.12. The molecule has 4 nitrogen and oxygen atoms in total. The molecule has 0 heterocycles. The molecule has 2 rings (SSSR count). The van der Waals surface area contributed by atoms with Crippen LogP contribution < -0.4 is 16.6 Å². The van der Waals surface area contributed by atoms with Crippen LogP contribution in [0.5, 0.6) is 0 Å². The number of anilines is 1. The van der Waals surface area contributed by atoms with Crippen molar-refractivity contribution < 1.29 is 9.18 Å². The predicted molar refractivity (Wildman–Crippen MR) is 114 cm³/mol. The minimum absolute atomic E-state index is 0.160. The van der Waals surface area contributed by atoms with Gasteiger partial charge in [-0.15, -0.1) is 11.8 Å². The summed E-state index contributed by atoms with van der Waals surface area (Å²) >= 11 is 5.20. The molecule has 7 heteroatoms. The van der Waals surface area contributed by atoms with E-state index < -0.39 is 0 Å². The molecule has 0 fully saturated rings. The van der Waals surface area contributed by atoms with Crippen LogP contribution in [0, 0.1) is 5.82 Å². The Hall–Kier alpha value is -1.57. The summed E-state index contributed by atoms with van der Waals surface area (Å²) in [6, 6.07) is 11.5. The Morgan fingerprint density at radius 2 is 1.92 bits per heavy atom. The van der Waals surface area contributed by atoms with Crippen LogP contribution in [0.15, 0.2) is 45.8 Å². The summed E-state index contributed by atoms with van der Waals surface area (Å²) in [5.41, 5.74) is 4.60. The molecule has 0 unspecified atom stereocenters. The highest BCUT2D eigenvalue weighted by molar-refractivity contribution is 9.10. The molecule has 0 spiro atoms. The van der Waals surface area contributed by atoms with Crippen molar-refractivity contribution in [1.82, 2.24) is 5.43 Å². The Bertz CT molecular complexity index is 671. The van der Waals surface area contributed by atoms with Gasteiger partial charge >= 0.3 is 0 Å². The maximum absolute atomic E-state index is 13.9. The summed E-state index contributed by atoms with van der Waals surface area (Å²) in [4.78, 5) is 10.1. The van der Waals surface area contributed by atoms with Crippen molar-refractivity contribution in [2.75, 3.05) is 12.4 Å². The summed E-state index contributed by atoms with van der Waals surface area (Å²) in [5.74, 6) is 4.86. The molecule has 2 aromatic carbocycles. The molecule has 0 aromatic heterocycles. The number of nitrogens with two attached hydrogens (primary N) is 1. The van der Waals surface area contributed by atoms with E-state index in [1.807, 2.05) is 27.0 Å². The normalized spacial score (nSPS) is 9.19. The van der Waals surface area contributed by atoms with Crippen LogP contribution in [-0.2, 0) is 17.0 Å². The lowest BCUT2D eigenvalue weighted by atomic mass is 10.2. The van der Waals surface area contributed by atoms with E-state index in [9.17, 15) is 4.39 Å². The monoisotopic (exact) mass is 443 g/mol. The van der Waals surface area contributed by atoms with Crippen LogP contribution >= 0.6 is 27.7 Å². The van der Waals surface area contributed by atoms with Crippen LogP contribution in [0.2, 0.25) is 0 Å². The number of thioether (sulfide) groups is 1. The minimum atomic E-state index is -0.160. The van der Waals surface area contributed by atoms with Gasteiger partial charge in [0.25, 0.3) is 0 Å². The fraction of sp³-hybridized carbons (Fsp3) is 0.316. The quantitative estimate of drug-likeness (QED) is 0.190. The van der Waals surface area contributed by atoms with Gasteiger partial charge in [-0.2, -0.15) is 0 Å². The second-order valence-corrected chi connectivity index (χ2v) is 6.58. The average Bonchev–Trinajstić information content (AvgIpc) is 2.69. The van der Waals surface area contributed by atoms with Crippen LogP contribution in [0.25, 0.3) is 0 Å². The maximum atomic E-state index is 13.9. The number of halogens is 2. The van der Waals surface area contributed by atoms with Crippen molar-refractivity contribution in [3.63, 3.8) is 0 Å². The minimum Gasteiger partial charge on any atom is -0.388 e. The van der Waals surface area contributed by atoms with Gasteiger partial charge in [0, 0.05) is 33.4 Å². The molecule has 0 bridgehead atoms. The largest absolute Gasteiger partial charge is 0.388 e. The molecule has 26 heavy (non-hydrogen) atoms. The molecule has 0 saturated heterocycles. The molecule has 0 saturated carbocycles. The Labute approximate surface area is 168 Å². The van der Waals surface area contributed by atoms with Crippen LogP contribution in [0.1, 0.15) is 31.9 Å². The fourth-order valence-corrected chi connectivity index (χ4v) is 3.59. The third-order valence-corrected chi connectivity index (χ3v) is 5.27. The third-order valence-electron chi connectivity index (χ3n) is 3.23. The zero-order chi connectivity index (χ0) is 19.9. The van der Waals surface area contributed by atoms with Gasteiger partial charge in [-0.05, 0) is 52.2 Å². The number of benzene rings is 2. The summed E-state index contributed by atoms with van der Waals surface area (Å²) < 4.78 is 15.0. The molecular formula is C19H27BrFN3OS. The lowest BCUT2D eigenvalue weighted by molar-refractivity contribution is -0.109. The number of carbonyl (C=O) groups is 1. The Morgan fingerprint density at radius 1 is 1.27 bits per heavy atom. The molecule has 0 radical (unpaired) electrons. The molecule has 0 aliphatic carbocycles. The number of aryl methyl sites for hydroxylation is 1. The first-order valence-corrected chi connectivity index (χ1v) is 10.1. The van der Waals surface area contributed by atoms with Gasteiger partial charge in [0.1, 0.15) is 5.82 Å². The summed E-state index contributed by atoms with van der Waals surface area (Å²) in [6.45, 7) is 6.13. The lowest BCUT2D eigenvalue weighted by Crippen LogP contribution is -2.18. The van der Waals surface area contributed by atoms with E-state index in [0.29, 0.717) is 17.7 Å². The SMILES string of the molecule is CC.CCc1ccc(Br)c(SCc2c(F)cccc2NC)c1.NNC=O. The average molecular weight is 444 g/mol. The zero-order valence-corrected chi connectivity index (χ0v) is 18.0. The van der Waals surface area contributed by atoms with Crippen LogP contribution in [-0.4, -0.2) is 13.5 Å². The van der Waals surface area contributed by atoms with E-state index in [1.165, 1.54) is 11.6 Å². The topological polar surface area (TPSA) is 67.2 Å². The maximum Gasteiger partial charge on any atom is 0.221 e. The van der Waals surface area contributed by atoms with Crippen molar-refractivity contribution in [2.45, 2.75) is 37.8 Å². The van der Waals surface area contributed by atoms with E-state index in [4.69, 9.17) is 4.79 Å². The molecule has 0 aliphatic rings. The van der Waals surface area contributed by atoms with Gasteiger partial charge in [-0.1, -0.05) is 32.9 Å². The van der Waals surface area contributed by atoms with Gasteiger partial charge in [0.2, 0.25) is 6.41 Å². The molecule has 1 amide bonds. The fourth-order valence-electron chi connectivity index (χ4n) is 1.97. The standard InChI is InChI=1S/C16H17BrFNS.C2H6.CH4N2O/c1-3-11-7-8-13(17)16(9-11)20-10-12-14(18)5-4-6-15(12)19-2;1-2;2-3-1-4/h4-9,19H,3,10H2,1-2H3;1-2H3;1H,2H2,(H,3,4). The van der Waals surface area contributed by atoms with Crippen molar-refractivity contribution >= 4 is 39.8 Å². The number of rotatable bonds is 6. The van der Waals surface area contributed by atoms with E-state index in [0.717, 1.165) is 21.5 Å². The second kappa shape index (κ2) is 14.6. The number of nitrogens with one attached hydrogen (secondary N) is 2. The van der Waals surface area contributed by atoms with E-state index in [-0.39, 0.29) is 5.82 Å². The lowest BCUT2D eigenvalue weighted by Gasteiger charge is -2.11. The van der Waals surface area contributed by atoms with Crippen molar-refractivity contribution in [3.05, 3.63) is 57.8 Å². The second-order valence-electron chi connectivity index (χ2n) is 4.71. The van der Waals surface area contributed by atoms with Crippen molar-refractivity contribution in [3.8, 4) is 0 Å².